The molecule has 0 radical (unpaired) electrons. The van der Waals surface area contributed by atoms with E-state index in [-0.39, 0.29) is 0 Å². The Morgan fingerprint density at radius 2 is 1.94 bits per heavy atom. The Labute approximate surface area is 114 Å². The highest BCUT2D eigenvalue weighted by atomic mass is 127. The number of halogens is 1. The molecule has 2 heterocycles. The predicted molar refractivity (Wildman–Crippen MR) is 76.0 cm³/mol. The van der Waals surface area contributed by atoms with Gasteiger partial charge >= 0.3 is 0 Å². The van der Waals surface area contributed by atoms with Crippen LogP contribution in [0.3, 0.4) is 0 Å². The minimum atomic E-state index is 0.720. The van der Waals surface area contributed by atoms with Crippen molar-refractivity contribution in [2.24, 2.45) is 7.05 Å². The van der Waals surface area contributed by atoms with Gasteiger partial charge in [0, 0.05) is 20.3 Å². The van der Waals surface area contributed by atoms with Gasteiger partial charge in [0.2, 0.25) is 0 Å². The van der Waals surface area contributed by atoms with E-state index < -0.39 is 0 Å². The summed E-state index contributed by atoms with van der Waals surface area (Å²) in [4.78, 5) is 9.03. The van der Waals surface area contributed by atoms with E-state index >= 15 is 0 Å². The Morgan fingerprint density at radius 3 is 2.47 bits per heavy atom. The van der Waals surface area contributed by atoms with Crippen LogP contribution in [-0.4, -0.2) is 26.8 Å². The molecule has 0 amide bonds. The summed E-state index contributed by atoms with van der Waals surface area (Å²) in [5, 5.41) is 7.40. The van der Waals surface area contributed by atoms with Crippen molar-refractivity contribution >= 4 is 28.4 Å². The molecule has 0 atom stereocenters. The highest BCUT2D eigenvalue weighted by Crippen LogP contribution is 2.24. The number of nitrogens with zero attached hydrogens (tertiary/aromatic N) is 4. The summed E-state index contributed by atoms with van der Waals surface area (Å²) in [6, 6.07) is 0. The van der Waals surface area contributed by atoms with Gasteiger partial charge in [0.15, 0.2) is 5.82 Å². The number of nitrogens with one attached hydrogen (secondary N) is 1. The highest BCUT2D eigenvalue weighted by molar-refractivity contribution is 14.1. The average molecular weight is 343 g/mol. The summed E-state index contributed by atoms with van der Waals surface area (Å²) in [5.74, 6) is 1.58. The average Bonchev–Trinajstić information content (AvgIpc) is 2.61. The Kier molecular flexibility index (Phi) is 3.32. The third-order valence-electron chi connectivity index (χ3n) is 2.51. The van der Waals surface area contributed by atoms with Crippen LogP contribution in [0.2, 0.25) is 0 Å². The predicted octanol–water partition coefficient (Wildman–Crippen LogP) is 2.14. The molecule has 0 unspecified atom stereocenters. The van der Waals surface area contributed by atoms with Crippen molar-refractivity contribution in [2.45, 2.75) is 13.8 Å². The second kappa shape index (κ2) is 4.59. The first-order valence-corrected chi connectivity index (χ1v) is 6.33. The van der Waals surface area contributed by atoms with E-state index in [0.717, 1.165) is 32.2 Å². The van der Waals surface area contributed by atoms with Crippen LogP contribution in [0.25, 0.3) is 11.4 Å². The summed E-state index contributed by atoms with van der Waals surface area (Å²) in [6.45, 7) is 3.95. The molecule has 6 heteroatoms. The monoisotopic (exact) mass is 343 g/mol. The number of aromatic nitrogens is 4. The highest BCUT2D eigenvalue weighted by Gasteiger charge is 2.13. The van der Waals surface area contributed by atoms with Crippen LogP contribution < -0.4 is 5.32 Å². The topological polar surface area (TPSA) is 55.6 Å². The lowest BCUT2D eigenvalue weighted by Gasteiger charge is -2.07. The lowest BCUT2D eigenvalue weighted by Crippen LogP contribution is -2.02. The van der Waals surface area contributed by atoms with Crippen molar-refractivity contribution in [1.29, 1.82) is 0 Å². The van der Waals surface area contributed by atoms with Crippen molar-refractivity contribution < 1.29 is 0 Å². The van der Waals surface area contributed by atoms with Gasteiger partial charge in [-0.1, -0.05) is 0 Å². The molecule has 2 aromatic heterocycles. The molecule has 0 spiro atoms. The molecule has 0 aliphatic carbocycles. The maximum absolute atomic E-state index is 4.51. The first kappa shape index (κ1) is 12.3. The van der Waals surface area contributed by atoms with Crippen molar-refractivity contribution in [3.8, 4) is 11.4 Å². The van der Waals surface area contributed by atoms with Gasteiger partial charge in [-0.2, -0.15) is 5.10 Å². The summed E-state index contributed by atoms with van der Waals surface area (Å²) < 4.78 is 2.83. The molecule has 1 N–H and O–H groups in total. The molecular formula is C11H14IN5. The van der Waals surface area contributed by atoms with Crippen molar-refractivity contribution in [3.63, 3.8) is 0 Å². The lowest BCUT2D eigenvalue weighted by atomic mass is 10.2. The van der Waals surface area contributed by atoms with Gasteiger partial charge in [-0.05, 0) is 36.4 Å². The fourth-order valence-electron chi connectivity index (χ4n) is 1.66. The molecule has 2 aromatic rings. The molecular weight excluding hydrogens is 329 g/mol. The van der Waals surface area contributed by atoms with Gasteiger partial charge in [-0.25, -0.2) is 9.97 Å². The largest absolute Gasteiger partial charge is 0.372 e. The molecule has 5 nitrogen and oxygen atoms in total. The molecule has 90 valence electrons. The number of rotatable bonds is 2. The molecule has 0 saturated carbocycles. The lowest BCUT2D eigenvalue weighted by molar-refractivity contribution is 0.756. The van der Waals surface area contributed by atoms with Crippen molar-refractivity contribution in [1.82, 2.24) is 19.7 Å². The van der Waals surface area contributed by atoms with E-state index in [1.54, 1.807) is 4.68 Å². The summed E-state index contributed by atoms with van der Waals surface area (Å²) in [6.07, 6.45) is 1.94. The van der Waals surface area contributed by atoms with E-state index in [2.05, 4.69) is 43.0 Å². The Balaban J connectivity index is 2.60. The van der Waals surface area contributed by atoms with E-state index in [1.807, 2.05) is 34.1 Å². The van der Waals surface area contributed by atoms with E-state index in [4.69, 9.17) is 0 Å². The SMILES string of the molecule is CNc1nc(-c2cn(C)nc2C)nc(C)c1I. The third-order valence-corrected chi connectivity index (χ3v) is 3.80. The Hall–Kier alpha value is -1.18. The summed E-state index contributed by atoms with van der Waals surface area (Å²) in [5.41, 5.74) is 2.89. The number of anilines is 1. The second-order valence-electron chi connectivity index (χ2n) is 3.85. The minimum absolute atomic E-state index is 0.720. The van der Waals surface area contributed by atoms with E-state index in [1.165, 1.54) is 0 Å². The van der Waals surface area contributed by atoms with Gasteiger partial charge in [-0.15, -0.1) is 0 Å². The Morgan fingerprint density at radius 1 is 1.24 bits per heavy atom. The molecule has 0 aromatic carbocycles. The quantitative estimate of drug-likeness (QED) is 0.849. The Bertz CT molecular complexity index is 561. The van der Waals surface area contributed by atoms with E-state index in [0.29, 0.717) is 0 Å². The van der Waals surface area contributed by atoms with Crippen molar-refractivity contribution in [3.05, 3.63) is 21.2 Å². The van der Waals surface area contributed by atoms with Gasteiger partial charge in [0.1, 0.15) is 5.82 Å². The normalized spacial score (nSPS) is 10.6. The standard InChI is InChI=1S/C11H14IN5/c1-6-8(5-17(4)16-6)10-14-7(2)9(12)11(13-3)15-10/h5H,1-4H3,(H,13,14,15). The first-order valence-electron chi connectivity index (χ1n) is 5.25. The van der Waals surface area contributed by atoms with Crippen LogP contribution in [0.5, 0.6) is 0 Å². The number of hydrogen-bond donors (Lipinski definition) is 1. The van der Waals surface area contributed by atoms with Gasteiger partial charge in [0.05, 0.1) is 20.5 Å². The second-order valence-corrected chi connectivity index (χ2v) is 4.93. The fraction of sp³-hybridized carbons (Fsp3) is 0.364. The van der Waals surface area contributed by atoms with E-state index in [9.17, 15) is 0 Å². The van der Waals surface area contributed by atoms with Crippen LogP contribution in [0.15, 0.2) is 6.20 Å². The smallest absolute Gasteiger partial charge is 0.165 e. The zero-order valence-corrected chi connectivity index (χ0v) is 12.4. The maximum Gasteiger partial charge on any atom is 0.165 e. The van der Waals surface area contributed by atoms with Crippen LogP contribution in [0.1, 0.15) is 11.4 Å². The molecule has 0 aliphatic rings. The molecule has 2 rings (SSSR count). The zero-order valence-electron chi connectivity index (χ0n) is 10.2. The zero-order chi connectivity index (χ0) is 12.6. The molecule has 0 fully saturated rings. The molecule has 0 saturated heterocycles. The minimum Gasteiger partial charge on any atom is -0.372 e. The van der Waals surface area contributed by atoms with Crippen LogP contribution in [0, 0.1) is 17.4 Å². The van der Waals surface area contributed by atoms with Crippen molar-refractivity contribution in [2.75, 3.05) is 12.4 Å². The first-order chi connectivity index (χ1) is 8.02. The third kappa shape index (κ3) is 2.26. The van der Waals surface area contributed by atoms with Crippen LogP contribution in [-0.2, 0) is 7.05 Å². The van der Waals surface area contributed by atoms with Crippen LogP contribution >= 0.6 is 22.6 Å². The molecule has 0 bridgehead atoms. The number of aryl methyl sites for hydroxylation is 3. The van der Waals surface area contributed by atoms with Gasteiger partial charge in [0.25, 0.3) is 0 Å². The fourth-order valence-corrected chi connectivity index (χ4v) is 2.18. The maximum atomic E-state index is 4.51. The van der Waals surface area contributed by atoms with Crippen LogP contribution in [0.4, 0.5) is 5.82 Å². The summed E-state index contributed by atoms with van der Waals surface area (Å²) in [7, 11) is 3.76. The molecule has 17 heavy (non-hydrogen) atoms. The molecule has 0 aliphatic heterocycles. The number of hydrogen-bond acceptors (Lipinski definition) is 4. The summed E-state index contributed by atoms with van der Waals surface area (Å²) >= 11 is 2.25. The van der Waals surface area contributed by atoms with Gasteiger partial charge in [-0.3, -0.25) is 4.68 Å². The van der Waals surface area contributed by atoms with Gasteiger partial charge < -0.3 is 5.32 Å².